The van der Waals surface area contributed by atoms with Gasteiger partial charge in [0.05, 0.1) is 16.3 Å². The van der Waals surface area contributed by atoms with E-state index in [0.29, 0.717) is 16.5 Å². The Bertz CT molecular complexity index is 890. The first-order valence-corrected chi connectivity index (χ1v) is 9.31. The first-order valence-electron chi connectivity index (χ1n) is 6.61. The summed E-state index contributed by atoms with van der Waals surface area (Å²) in [6, 6.07) is 10.9. The van der Waals surface area contributed by atoms with Crippen molar-refractivity contribution < 1.29 is 12.8 Å². The van der Waals surface area contributed by atoms with Crippen LogP contribution in [0.2, 0.25) is 0 Å². The van der Waals surface area contributed by atoms with E-state index in [1.165, 1.54) is 30.0 Å². The number of anilines is 1. The number of hydrogen-bond acceptors (Lipinski definition) is 5. The molecule has 124 valence electrons. The summed E-state index contributed by atoms with van der Waals surface area (Å²) in [6.07, 6.45) is 3.53. The molecule has 0 fully saturated rings. The number of nitriles is 1. The minimum Gasteiger partial charge on any atom is -0.280 e. The molecule has 0 atom stereocenters. The molecular weight excluding hydrogens is 351 g/mol. The molecule has 0 amide bonds. The van der Waals surface area contributed by atoms with E-state index in [1.54, 1.807) is 30.6 Å². The van der Waals surface area contributed by atoms with Crippen LogP contribution in [0.1, 0.15) is 0 Å². The van der Waals surface area contributed by atoms with E-state index in [1.807, 2.05) is 0 Å². The fraction of sp³-hybridized carbons (Fsp3) is 0.0667. The third-order valence-corrected chi connectivity index (χ3v) is 4.79. The molecule has 0 aliphatic heterocycles. The van der Waals surface area contributed by atoms with Gasteiger partial charge in [0.15, 0.2) is 11.4 Å². The number of halogens is 1. The summed E-state index contributed by atoms with van der Waals surface area (Å²) in [4.78, 5) is 4.16. The number of amidine groups is 1. The van der Waals surface area contributed by atoms with E-state index in [-0.39, 0.29) is 4.90 Å². The lowest BCUT2D eigenvalue weighted by atomic mass is 10.3. The Hall–Kier alpha value is -2.57. The Morgan fingerprint density at radius 3 is 2.58 bits per heavy atom. The number of benzene rings is 2. The quantitative estimate of drug-likeness (QED) is 0.376. The summed E-state index contributed by atoms with van der Waals surface area (Å²) < 4.78 is 39.9. The average Bonchev–Trinajstić information content (AvgIpc) is 2.54. The van der Waals surface area contributed by atoms with Gasteiger partial charge in [-0.15, -0.1) is 0 Å². The molecule has 0 saturated heterocycles. The molecule has 2 rings (SSSR count). The summed E-state index contributed by atoms with van der Waals surface area (Å²) in [5.74, 6) is -0.514. The molecule has 0 bridgehead atoms. The Balaban J connectivity index is 2.26. The molecule has 0 unspecified atom stereocenters. The minimum atomic E-state index is -3.83. The number of thioether (sulfide) groups is 1. The van der Waals surface area contributed by atoms with E-state index < -0.39 is 15.8 Å². The van der Waals surface area contributed by atoms with E-state index in [4.69, 9.17) is 5.26 Å². The maximum absolute atomic E-state index is 12.9. The number of sulfonamides is 1. The highest BCUT2D eigenvalue weighted by molar-refractivity contribution is 8.13. The number of nitrogens with one attached hydrogen (secondary N) is 2. The second kappa shape index (κ2) is 7.81. The van der Waals surface area contributed by atoms with Gasteiger partial charge in [0.2, 0.25) is 0 Å². The molecule has 2 aromatic carbocycles. The summed E-state index contributed by atoms with van der Waals surface area (Å²) in [6.45, 7) is 0. The van der Waals surface area contributed by atoms with Gasteiger partial charge < -0.3 is 0 Å². The van der Waals surface area contributed by atoms with E-state index in [2.05, 4.69) is 15.0 Å². The zero-order valence-electron chi connectivity index (χ0n) is 12.5. The van der Waals surface area contributed by atoms with Crippen molar-refractivity contribution >= 4 is 38.3 Å². The summed E-state index contributed by atoms with van der Waals surface area (Å²) in [5, 5.41) is 11.4. The standard InChI is InChI=1S/C15H13FN4O2S2/c1-23-15(18-10-17)19-12-3-2-4-13(9-12)20-24(21,22)14-7-5-11(16)6-8-14/h2-9,20H,1H3,(H,18,19). The molecule has 0 radical (unpaired) electrons. The Labute approximate surface area is 143 Å². The summed E-state index contributed by atoms with van der Waals surface area (Å²) in [5.41, 5.74) is 0.777. The predicted octanol–water partition coefficient (Wildman–Crippen LogP) is 3.05. The van der Waals surface area contributed by atoms with E-state index >= 15 is 0 Å². The third kappa shape index (κ3) is 4.71. The largest absolute Gasteiger partial charge is 0.280 e. The van der Waals surface area contributed by atoms with Gasteiger partial charge in [-0.2, -0.15) is 5.26 Å². The maximum Gasteiger partial charge on any atom is 0.261 e. The maximum atomic E-state index is 12.9. The molecule has 24 heavy (non-hydrogen) atoms. The zero-order chi connectivity index (χ0) is 17.6. The van der Waals surface area contributed by atoms with Crippen LogP contribution in [0.3, 0.4) is 0 Å². The van der Waals surface area contributed by atoms with Crippen molar-refractivity contribution in [2.24, 2.45) is 4.99 Å². The van der Waals surface area contributed by atoms with Gasteiger partial charge in [-0.25, -0.2) is 17.8 Å². The third-order valence-electron chi connectivity index (χ3n) is 2.81. The van der Waals surface area contributed by atoms with E-state index in [0.717, 1.165) is 12.1 Å². The second-order valence-electron chi connectivity index (χ2n) is 4.47. The van der Waals surface area contributed by atoms with Crippen molar-refractivity contribution in [3.8, 4) is 6.19 Å². The molecule has 0 aromatic heterocycles. The average molecular weight is 364 g/mol. The van der Waals surface area contributed by atoms with Crippen LogP contribution in [0, 0.1) is 17.3 Å². The lowest BCUT2D eigenvalue weighted by Crippen LogP contribution is -2.13. The van der Waals surface area contributed by atoms with E-state index in [9.17, 15) is 12.8 Å². The molecule has 0 spiro atoms. The van der Waals surface area contributed by atoms with Crippen molar-refractivity contribution in [3.05, 3.63) is 54.3 Å². The van der Waals surface area contributed by atoms with Crippen LogP contribution in [0.4, 0.5) is 15.8 Å². The van der Waals surface area contributed by atoms with Crippen LogP contribution in [0.5, 0.6) is 0 Å². The van der Waals surface area contributed by atoms with Gasteiger partial charge in [-0.05, 0) is 48.7 Å². The predicted molar refractivity (Wildman–Crippen MR) is 93.0 cm³/mol. The highest BCUT2D eigenvalue weighted by atomic mass is 32.2. The first-order chi connectivity index (χ1) is 11.4. The normalized spacial score (nSPS) is 11.6. The number of aliphatic imine (C=N–C) groups is 1. The van der Waals surface area contributed by atoms with Crippen molar-refractivity contribution in [1.29, 1.82) is 5.26 Å². The Morgan fingerprint density at radius 1 is 1.25 bits per heavy atom. The molecule has 6 nitrogen and oxygen atoms in total. The molecule has 2 N–H and O–H groups in total. The monoisotopic (exact) mass is 364 g/mol. The van der Waals surface area contributed by atoms with Gasteiger partial charge in [0.1, 0.15) is 5.82 Å². The Morgan fingerprint density at radius 2 is 1.96 bits per heavy atom. The summed E-state index contributed by atoms with van der Waals surface area (Å²) >= 11 is 1.25. The lowest BCUT2D eigenvalue weighted by Gasteiger charge is -2.09. The van der Waals surface area contributed by atoms with Crippen molar-refractivity contribution in [1.82, 2.24) is 5.32 Å². The topological polar surface area (TPSA) is 94.3 Å². The number of hydrogen-bond donors (Lipinski definition) is 2. The number of nitrogens with zero attached hydrogens (tertiary/aromatic N) is 2. The fourth-order valence-corrected chi connectivity index (χ4v) is 3.15. The smallest absolute Gasteiger partial charge is 0.261 e. The van der Waals surface area contributed by atoms with Gasteiger partial charge in [0.25, 0.3) is 10.0 Å². The molecule has 0 heterocycles. The van der Waals surface area contributed by atoms with Crippen LogP contribution in [-0.4, -0.2) is 19.8 Å². The first kappa shape index (κ1) is 17.8. The fourth-order valence-electron chi connectivity index (χ4n) is 1.76. The molecule has 2 aromatic rings. The van der Waals surface area contributed by atoms with Crippen LogP contribution >= 0.6 is 11.8 Å². The van der Waals surface area contributed by atoms with Crippen LogP contribution < -0.4 is 10.0 Å². The highest BCUT2D eigenvalue weighted by Crippen LogP contribution is 2.22. The minimum absolute atomic E-state index is 0.0474. The highest BCUT2D eigenvalue weighted by Gasteiger charge is 2.14. The van der Waals surface area contributed by atoms with Crippen LogP contribution in [0.25, 0.3) is 0 Å². The SMILES string of the molecule is CSC(=Nc1cccc(NS(=O)(=O)c2ccc(F)cc2)c1)NC#N. The van der Waals surface area contributed by atoms with Crippen molar-refractivity contribution in [2.45, 2.75) is 4.90 Å². The van der Waals surface area contributed by atoms with Gasteiger partial charge in [0, 0.05) is 0 Å². The molecule has 0 aliphatic carbocycles. The lowest BCUT2D eigenvalue weighted by molar-refractivity contribution is 0.599. The van der Waals surface area contributed by atoms with Crippen LogP contribution in [-0.2, 0) is 10.0 Å². The molecule has 0 saturated carbocycles. The molecular formula is C15H13FN4O2S2. The molecule has 9 heteroatoms. The Kier molecular flexibility index (Phi) is 5.78. The summed E-state index contributed by atoms with van der Waals surface area (Å²) in [7, 11) is -3.83. The molecule has 0 aliphatic rings. The van der Waals surface area contributed by atoms with Crippen LogP contribution in [0.15, 0.2) is 58.4 Å². The van der Waals surface area contributed by atoms with Crippen molar-refractivity contribution in [3.63, 3.8) is 0 Å². The van der Waals surface area contributed by atoms with Gasteiger partial charge >= 0.3 is 0 Å². The second-order valence-corrected chi connectivity index (χ2v) is 6.94. The zero-order valence-corrected chi connectivity index (χ0v) is 14.2. The van der Waals surface area contributed by atoms with Crippen molar-refractivity contribution in [2.75, 3.05) is 11.0 Å². The van der Waals surface area contributed by atoms with Gasteiger partial charge in [-0.1, -0.05) is 17.8 Å². The number of rotatable bonds is 4. The van der Waals surface area contributed by atoms with Gasteiger partial charge in [-0.3, -0.25) is 10.0 Å².